The van der Waals surface area contributed by atoms with Gasteiger partial charge in [0.15, 0.2) is 11.5 Å². The molecule has 1 unspecified atom stereocenters. The topological polar surface area (TPSA) is 61.2 Å². The van der Waals surface area contributed by atoms with Crippen LogP contribution in [0.25, 0.3) is 6.08 Å². The molecule has 2 atom stereocenters. The Morgan fingerprint density at radius 1 is 1.33 bits per heavy atom. The van der Waals surface area contributed by atoms with Crippen molar-refractivity contribution in [2.75, 3.05) is 40.0 Å². The Bertz CT molecular complexity index is 657. The molecule has 0 saturated carbocycles. The molecule has 0 spiro atoms. The molecule has 1 aromatic carbocycles. The molecular weight excluding hydrogens is 344 g/mol. The maximum Gasteiger partial charge on any atom is 0.244 e. The van der Waals surface area contributed by atoms with Crippen LogP contribution in [0, 0.1) is 0 Å². The Morgan fingerprint density at radius 2 is 2.19 bits per heavy atom. The lowest BCUT2D eigenvalue weighted by Gasteiger charge is -2.30. The second-order valence-corrected chi connectivity index (χ2v) is 7.28. The molecule has 0 bridgehead atoms. The summed E-state index contributed by atoms with van der Waals surface area (Å²) in [6.07, 6.45) is 8.35. The number of hydrogen-bond donors (Lipinski definition) is 2. The van der Waals surface area contributed by atoms with E-state index in [0.29, 0.717) is 37.0 Å². The first-order valence-electron chi connectivity index (χ1n) is 9.95. The van der Waals surface area contributed by atoms with Gasteiger partial charge < -0.3 is 24.4 Å². The van der Waals surface area contributed by atoms with E-state index < -0.39 is 0 Å². The molecule has 1 aromatic rings. The molecule has 2 heterocycles. The summed E-state index contributed by atoms with van der Waals surface area (Å²) >= 11 is 0. The van der Waals surface area contributed by atoms with E-state index in [1.165, 1.54) is 25.8 Å². The van der Waals surface area contributed by atoms with Crippen LogP contribution in [-0.2, 0) is 4.79 Å². The van der Waals surface area contributed by atoms with Crippen molar-refractivity contribution >= 4 is 12.0 Å². The Labute approximate surface area is 161 Å². The molecule has 6 nitrogen and oxygen atoms in total. The summed E-state index contributed by atoms with van der Waals surface area (Å²) in [6.45, 7) is 6.47. The number of rotatable bonds is 7. The predicted molar refractivity (Wildman–Crippen MR) is 105 cm³/mol. The number of piperidine rings is 1. The van der Waals surface area contributed by atoms with Gasteiger partial charge in [0.1, 0.15) is 13.2 Å². The van der Waals surface area contributed by atoms with Gasteiger partial charge in [0.05, 0.1) is 26.2 Å². The molecule has 1 saturated heterocycles. The number of nitrogens with one attached hydrogen (secondary N) is 2. The number of quaternary nitrogens is 1. The Balaban J connectivity index is 1.47. The van der Waals surface area contributed by atoms with Crippen LogP contribution in [0.5, 0.6) is 17.2 Å². The molecule has 27 heavy (non-hydrogen) atoms. The number of benzene rings is 1. The van der Waals surface area contributed by atoms with E-state index in [2.05, 4.69) is 12.2 Å². The van der Waals surface area contributed by atoms with E-state index in [1.54, 1.807) is 24.2 Å². The van der Waals surface area contributed by atoms with E-state index in [4.69, 9.17) is 14.2 Å². The van der Waals surface area contributed by atoms with Gasteiger partial charge in [-0.2, -0.15) is 0 Å². The summed E-state index contributed by atoms with van der Waals surface area (Å²) < 4.78 is 16.6. The molecule has 2 aliphatic rings. The van der Waals surface area contributed by atoms with E-state index in [-0.39, 0.29) is 5.91 Å². The molecule has 148 valence electrons. The SMILES string of the molecule is COc1cc(/C=C/C(=O)NCCC[NH+]2CCCC[C@H]2C)cc2c1OCCO2. The zero-order chi connectivity index (χ0) is 19.1. The van der Waals surface area contributed by atoms with Crippen molar-refractivity contribution in [2.24, 2.45) is 0 Å². The fraction of sp³-hybridized carbons (Fsp3) is 0.571. The van der Waals surface area contributed by atoms with E-state index in [1.807, 2.05) is 12.1 Å². The zero-order valence-electron chi connectivity index (χ0n) is 16.4. The van der Waals surface area contributed by atoms with Crippen LogP contribution in [0.2, 0.25) is 0 Å². The average Bonchev–Trinajstić information content (AvgIpc) is 2.70. The van der Waals surface area contributed by atoms with Gasteiger partial charge in [-0.05, 0) is 50.0 Å². The summed E-state index contributed by atoms with van der Waals surface area (Å²) in [7, 11) is 1.60. The van der Waals surface area contributed by atoms with Crippen LogP contribution in [-0.4, -0.2) is 51.9 Å². The highest BCUT2D eigenvalue weighted by atomic mass is 16.6. The van der Waals surface area contributed by atoms with E-state index in [0.717, 1.165) is 24.6 Å². The van der Waals surface area contributed by atoms with Gasteiger partial charge >= 0.3 is 0 Å². The smallest absolute Gasteiger partial charge is 0.244 e. The highest BCUT2D eigenvalue weighted by Gasteiger charge is 2.21. The van der Waals surface area contributed by atoms with Crippen molar-refractivity contribution in [1.29, 1.82) is 0 Å². The molecule has 6 heteroatoms. The van der Waals surface area contributed by atoms with Crippen LogP contribution in [0.4, 0.5) is 0 Å². The molecule has 1 fully saturated rings. The van der Waals surface area contributed by atoms with Gasteiger partial charge in [-0.15, -0.1) is 0 Å². The van der Waals surface area contributed by atoms with Crippen LogP contribution in [0.15, 0.2) is 18.2 Å². The number of fused-ring (bicyclic) bond motifs is 1. The van der Waals surface area contributed by atoms with Crippen molar-refractivity contribution in [2.45, 2.75) is 38.6 Å². The molecular formula is C21H31N2O4+. The van der Waals surface area contributed by atoms with Gasteiger partial charge in [0, 0.05) is 19.0 Å². The molecule has 1 amide bonds. The largest absolute Gasteiger partial charge is 0.493 e. The Kier molecular flexibility index (Phi) is 6.98. The lowest BCUT2D eigenvalue weighted by Crippen LogP contribution is -3.16. The highest BCUT2D eigenvalue weighted by Crippen LogP contribution is 2.40. The van der Waals surface area contributed by atoms with Crippen molar-refractivity contribution < 1.29 is 23.9 Å². The number of carbonyl (C=O) groups excluding carboxylic acids is 1. The number of hydrogen-bond acceptors (Lipinski definition) is 4. The van der Waals surface area contributed by atoms with E-state index in [9.17, 15) is 4.79 Å². The van der Waals surface area contributed by atoms with Gasteiger partial charge in [-0.25, -0.2) is 0 Å². The van der Waals surface area contributed by atoms with Crippen LogP contribution < -0.4 is 24.4 Å². The first-order chi connectivity index (χ1) is 13.2. The monoisotopic (exact) mass is 375 g/mol. The number of ether oxygens (including phenoxy) is 3. The summed E-state index contributed by atoms with van der Waals surface area (Å²) in [5, 5.41) is 2.97. The third kappa shape index (κ3) is 5.39. The normalized spacial score (nSPS) is 21.9. The molecule has 0 aliphatic carbocycles. The maximum absolute atomic E-state index is 12.1. The zero-order valence-corrected chi connectivity index (χ0v) is 16.4. The van der Waals surface area contributed by atoms with Crippen LogP contribution >= 0.6 is 0 Å². The lowest BCUT2D eigenvalue weighted by molar-refractivity contribution is -0.928. The first-order valence-corrected chi connectivity index (χ1v) is 9.95. The second-order valence-electron chi connectivity index (χ2n) is 7.28. The quantitative estimate of drug-likeness (QED) is 0.559. The Morgan fingerprint density at radius 3 is 3.00 bits per heavy atom. The maximum atomic E-state index is 12.1. The minimum Gasteiger partial charge on any atom is -0.493 e. The summed E-state index contributed by atoms with van der Waals surface area (Å²) in [5.74, 6) is 1.82. The molecule has 0 radical (unpaired) electrons. The number of carbonyl (C=O) groups is 1. The van der Waals surface area contributed by atoms with Crippen LogP contribution in [0.1, 0.15) is 38.2 Å². The predicted octanol–water partition coefficient (Wildman–Crippen LogP) is 1.44. The number of likely N-dealkylation sites (tertiary alicyclic amines) is 1. The summed E-state index contributed by atoms with van der Waals surface area (Å²) in [4.78, 5) is 13.8. The lowest BCUT2D eigenvalue weighted by atomic mass is 10.0. The standard InChI is InChI=1S/C21H30N2O4/c1-16-6-3-4-10-23(16)11-5-9-22-20(24)8-7-17-14-18(25-2)21-19(15-17)26-12-13-27-21/h7-8,14-16H,3-6,9-13H2,1-2H3,(H,22,24)/p+1/b8-7+/t16-/m1/s1. The molecule has 0 aromatic heterocycles. The molecule has 3 rings (SSSR count). The fourth-order valence-corrected chi connectivity index (χ4v) is 3.77. The summed E-state index contributed by atoms with van der Waals surface area (Å²) in [5.41, 5.74) is 0.845. The van der Waals surface area contributed by atoms with Gasteiger partial charge in [-0.3, -0.25) is 4.79 Å². The highest BCUT2D eigenvalue weighted by molar-refractivity contribution is 5.91. The van der Waals surface area contributed by atoms with E-state index >= 15 is 0 Å². The van der Waals surface area contributed by atoms with Crippen molar-refractivity contribution in [3.05, 3.63) is 23.8 Å². The second kappa shape index (κ2) is 9.65. The van der Waals surface area contributed by atoms with Gasteiger partial charge in [0.25, 0.3) is 0 Å². The average molecular weight is 375 g/mol. The van der Waals surface area contributed by atoms with Crippen molar-refractivity contribution in [1.82, 2.24) is 5.32 Å². The van der Waals surface area contributed by atoms with Crippen molar-refractivity contribution in [3.8, 4) is 17.2 Å². The molecule has 2 aliphatic heterocycles. The first kappa shape index (κ1) is 19.5. The Hall–Kier alpha value is -2.21. The third-order valence-electron chi connectivity index (χ3n) is 5.33. The summed E-state index contributed by atoms with van der Waals surface area (Å²) in [6, 6.07) is 4.46. The number of methoxy groups -OCH3 is 1. The fourth-order valence-electron chi connectivity index (χ4n) is 3.77. The third-order valence-corrected chi connectivity index (χ3v) is 5.33. The minimum absolute atomic E-state index is 0.0782. The van der Waals surface area contributed by atoms with Gasteiger partial charge in [0.2, 0.25) is 11.7 Å². The van der Waals surface area contributed by atoms with Gasteiger partial charge in [-0.1, -0.05) is 0 Å². The number of amides is 1. The molecule has 2 N–H and O–H groups in total. The van der Waals surface area contributed by atoms with Crippen molar-refractivity contribution in [3.63, 3.8) is 0 Å². The van der Waals surface area contributed by atoms with Crippen LogP contribution in [0.3, 0.4) is 0 Å². The minimum atomic E-state index is -0.0782.